The van der Waals surface area contributed by atoms with Crippen LogP contribution in [-0.4, -0.2) is 115 Å². The highest BCUT2D eigenvalue weighted by Crippen LogP contribution is 2.44. The predicted octanol–water partition coefficient (Wildman–Crippen LogP) is 7.44. The van der Waals surface area contributed by atoms with Crippen molar-refractivity contribution in [1.29, 1.82) is 0 Å². The van der Waals surface area contributed by atoms with Gasteiger partial charge in [0.15, 0.2) is 19.1 Å². The number of aromatic nitrogens is 5. The highest BCUT2D eigenvalue weighted by molar-refractivity contribution is 9.10. The molecule has 5 rings (SSSR count). The lowest BCUT2D eigenvalue weighted by molar-refractivity contribution is -0.567. The van der Waals surface area contributed by atoms with Crippen LogP contribution in [-0.2, 0) is 33.2 Å². The smallest absolute Gasteiger partial charge is 0.338 e. The first-order chi connectivity index (χ1) is 26.7. The summed E-state index contributed by atoms with van der Waals surface area (Å²) in [5.41, 5.74) is 3.41. The monoisotopic (exact) mass is 873 g/mol. The van der Waals surface area contributed by atoms with E-state index in [1.807, 2.05) is 58.1 Å². The third kappa shape index (κ3) is 11.8. The summed E-state index contributed by atoms with van der Waals surface area (Å²) in [7, 11) is 0.592. The SMILES string of the molecule is COCCOC(=O)C1(OCCOC)CCC(c2nc3c(-c4cnn(-c5ccccc5)c4)c[nH][n+]3c(N(COCC[Si](C)(C)C)COCC[Si](C)(C)C)c2Br)CC1. The maximum Gasteiger partial charge on any atom is 0.338 e. The Bertz CT molecular complexity index is 1820. The number of benzene rings is 1. The van der Waals surface area contributed by atoms with E-state index in [0.717, 1.165) is 50.5 Å². The summed E-state index contributed by atoms with van der Waals surface area (Å²) in [5.74, 6) is 0.527. The Hall–Kier alpha value is -2.97. The second-order valence-corrected chi connectivity index (χ2v) is 29.0. The molecule has 3 aromatic heterocycles. The van der Waals surface area contributed by atoms with Crippen LogP contribution in [0.1, 0.15) is 37.3 Å². The zero-order valence-electron chi connectivity index (χ0n) is 34.6. The molecular formula is C40H62BrN6O7Si2+. The molecule has 1 fully saturated rings. The van der Waals surface area contributed by atoms with Crippen molar-refractivity contribution in [2.45, 2.75) is 88.6 Å². The fourth-order valence-electron chi connectivity index (χ4n) is 6.67. The molecule has 1 aliphatic carbocycles. The van der Waals surface area contributed by atoms with Crippen molar-refractivity contribution in [3.05, 3.63) is 59.1 Å². The molecule has 0 radical (unpaired) electrons. The third-order valence-electron chi connectivity index (χ3n) is 10.1. The molecule has 1 aromatic carbocycles. The average molecular weight is 875 g/mol. The zero-order chi connectivity index (χ0) is 40.3. The van der Waals surface area contributed by atoms with E-state index in [2.05, 4.69) is 65.2 Å². The molecule has 4 aromatic rings. The number of H-pyrrole nitrogens is 1. The van der Waals surface area contributed by atoms with Gasteiger partial charge in [0.25, 0.3) is 11.5 Å². The minimum Gasteiger partial charge on any atom is -0.461 e. The van der Waals surface area contributed by atoms with Crippen LogP contribution in [0.25, 0.3) is 22.5 Å². The number of esters is 1. The molecule has 56 heavy (non-hydrogen) atoms. The first-order valence-electron chi connectivity index (χ1n) is 19.7. The molecular weight excluding hydrogens is 813 g/mol. The molecule has 0 aliphatic heterocycles. The summed E-state index contributed by atoms with van der Waals surface area (Å²) in [6.07, 6.45) is 8.18. The van der Waals surface area contributed by atoms with Crippen LogP contribution in [0.15, 0.2) is 53.4 Å². The van der Waals surface area contributed by atoms with Gasteiger partial charge < -0.3 is 28.4 Å². The number of carbonyl (C=O) groups excluding carboxylic acids is 1. The fourth-order valence-corrected chi connectivity index (χ4v) is 9.02. The molecule has 1 aliphatic rings. The van der Waals surface area contributed by atoms with Gasteiger partial charge in [-0.3, -0.25) is 5.10 Å². The summed E-state index contributed by atoms with van der Waals surface area (Å²) >= 11 is 4.06. The predicted molar refractivity (Wildman–Crippen MR) is 227 cm³/mol. The Morgan fingerprint density at radius 1 is 0.929 bits per heavy atom. The van der Waals surface area contributed by atoms with E-state index in [9.17, 15) is 4.79 Å². The number of anilines is 1. The van der Waals surface area contributed by atoms with E-state index < -0.39 is 21.7 Å². The van der Waals surface area contributed by atoms with E-state index in [-0.39, 0.29) is 18.5 Å². The van der Waals surface area contributed by atoms with Crippen molar-refractivity contribution in [1.82, 2.24) is 19.9 Å². The number of halogens is 1. The second-order valence-electron chi connectivity index (χ2n) is 17.0. The van der Waals surface area contributed by atoms with Gasteiger partial charge >= 0.3 is 5.97 Å². The fraction of sp³-hybridized carbons (Fsp3) is 0.600. The maximum atomic E-state index is 13.5. The normalized spacial score (nSPS) is 17.8. The van der Waals surface area contributed by atoms with Crippen molar-refractivity contribution in [3.8, 4) is 16.8 Å². The van der Waals surface area contributed by atoms with Crippen molar-refractivity contribution in [2.24, 2.45) is 0 Å². The molecule has 0 unspecified atom stereocenters. The van der Waals surface area contributed by atoms with Crippen molar-refractivity contribution in [2.75, 3.05) is 72.2 Å². The molecule has 0 bridgehead atoms. The van der Waals surface area contributed by atoms with Gasteiger partial charge in [-0.2, -0.15) is 5.10 Å². The standard InChI is InChI=1S/C40H61BrN6O7Si2/c1-49-18-20-53-39(48)40(54-21-19-50-2)16-14-31(15-17-40)36-35(41)38(45(29-51-22-24-55(3,4)5)30-52-23-25-56(6,7)8)47-37(44-36)34(27-43-47)32-26-42-46(28-32)33-12-10-9-11-13-33/h9-13,26-28,31H,14-25,29-30H2,1-8H3/p+1. The van der Waals surface area contributed by atoms with Crippen LogP contribution in [0.2, 0.25) is 51.4 Å². The van der Waals surface area contributed by atoms with Gasteiger partial charge in [0, 0.05) is 67.5 Å². The number of hydrogen-bond donors (Lipinski definition) is 1. The number of fused-ring (bicyclic) bond motifs is 1. The molecule has 0 atom stereocenters. The molecule has 16 heteroatoms. The van der Waals surface area contributed by atoms with Gasteiger partial charge in [-0.05, 0) is 65.8 Å². The van der Waals surface area contributed by atoms with E-state index in [4.69, 9.17) is 38.5 Å². The molecule has 0 amide bonds. The van der Waals surface area contributed by atoms with E-state index >= 15 is 0 Å². The molecule has 3 heterocycles. The molecule has 0 spiro atoms. The van der Waals surface area contributed by atoms with Crippen molar-refractivity contribution >= 4 is 49.5 Å². The van der Waals surface area contributed by atoms with E-state index in [1.165, 1.54) is 0 Å². The van der Waals surface area contributed by atoms with E-state index in [0.29, 0.717) is 72.2 Å². The van der Waals surface area contributed by atoms with Gasteiger partial charge in [0.2, 0.25) is 0 Å². The number of methoxy groups -OCH3 is 2. The largest absolute Gasteiger partial charge is 0.461 e. The zero-order valence-corrected chi connectivity index (χ0v) is 38.2. The Labute approximate surface area is 342 Å². The highest BCUT2D eigenvalue weighted by atomic mass is 79.9. The number of rotatable bonds is 22. The lowest BCUT2D eigenvalue weighted by Gasteiger charge is -2.37. The van der Waals surface area contributed by atoms with Gasteiger partial charge in [0.05, 0.1) is 37.3 Å². The number of hydrogen-bond acceptors (Lipinski definition) is 10. The van der Waals surface area contributed by atoms with Crippen molar-refractivity contribution < 1.29 is 37.7 Å². The first kappa shape index (κ1) is 44.1. The van der Waals surface area contributed by atoms with Gasteiger partial charge in [-0.1, -0.05) is 57.5 Å². The number of para-hydroxylation sites is 1. The minimum absolute atomic E-state index is 0.0244. The average Bonchev–Trinajstić information content (AvgIpc) is 3.82. The summed E-state index contributed by atoms with van der Waals surface area (Å²) < 4.78 is 39.9. The lowest BCUT2D eigenvalue weighted by Crippen LogP contribution is -2.47. The van der Waals surface area contributed by atoms with Gasteiger partial charge in [-0.25, -0.2) is 14.4 Å². The Balaban J connectivity index is 1.54. The quantitative estimate of drug-likeness (QED) is 0.0280. The summed E-state index contributed by atoms with van der Waals surface area (Å²) in [5, 5.41) is 8.21. The molecule has 0 saturated heterocycles. The van der Waals surface area contributed by atoms with Crippen LogP contribution in [0.5, 0.6) is 0 Å². The minimum atomic E-state index is -1.31. The maximum absolute atomic E-state index is 13.5. The Kier molecular flexibility index (Phi) is 15.9. The number of ether oxygens (including phenoxy) is 6. The number of aromatic amines is 1. The van der Waals surface area contributed by atoms with Crippen LogP contribution < -0.4 is 9.42 Å². The van der Waals surface area contributed by atoms with Crippen LogP contribution in [0, 0.1) is 0 Å². The summed E-state index contributed by atoms with van der Waals surface area (Å²) in [6.45, 7) is 17.4. The molecule has 1 saturated carbocycles. The number of carbonyl (C=O) groups is 1. The van der Waals surface area contributed by atoms with Gasteiger partial charge in [0.1, 0.15) is 16.8 Å². The Morgan fingerprint density at radius 3 is 2.16 bits per heavy atom. The number of nitrogens with zero attached hydrogens (tertiary/aromatic N) is 5. The molecule has 13 nitrogen and oxygen atoms in total. The number of nitrogens with one attached hydrogen (secondary N) is 1. The van der Waals surface area contributed by atoms with Crippen molar-refractivity contribution in [3.63, 3.8) is 0 Å². The van der Waals surface area contributed by atoms with Gasteiger partial charge in [-0.15, -0.1) is 9.50 Å². The van der Waals surface area contributed by atoms with Crippen LogP contribution >= 0.6 is 15.9 Å². The first-order valence-corrected chi connectivity index (χ1v) is 27.9. The Morgan fingerprint density at radius 2 is 1.55 bits per heavy atom. The highest BCUT2D eigenvalue weighted by Gasteiger charge is 2.46. The molecule has 1 N–H and O–H groups in total. The second kappa shape index (κ2) is 20.1. The third-order valence-corrected chi connectivity index (χ3v) is 14.3. The summed E-state index contributed by atoms with van der Waals surface area (Å²) in [4.78, 5) is 21.1. The van der Waals surface area contributed by atoms with Crippen LogP contribution in [0.4, 0.5) is 5.82 Å². The van der Waals surface area contributed by atoms with E-state index in [1.54, 1.807) is 14.2 Å². The topological polar surface area (TPSA) is 126 Å². The van der Waals surface area contributed by atoms with Crippen LogP contribution in [0.3, 0.4) is 0 Å². The summed E-state index contributed by atoms with van der Waals surface area (Å²) in [6, 6.07) is 12.2. The molecule has 308 valence electrons. The lowest BCUT2D eigenvalue weighted by atomic mass is 9.77.